The molecular weight excluding hydrogens is 464 g/mol. The van der Waals surface area contributed by atoms with E-state index in [1.807, 2.05) is 35.6 Å². The van der Waals surface area contributed by atoms with Gasteiger partial charge < -0.3 is 15.2 Å². The number of nitrogens with one attached hydrogen (secondary N) is 2. The third-order valence-electron chi connectivity index (χ3n) is 7.52. The fourth-order valence-corrected chi connectivity index (χ4v) is 5.02. The molecule has 0 radical (unpaired) electrons. The van der Waals surface area contributed by atoms with E-state index in [1.54, 1.807) is 0 Å². The van der Waals surface area contributed by atoms with Crippen LogP contribution < -0.4 is 5.32 Å². The number of aromatic amines is 1. The maximum atomic E-state index is 12.3. The maximum Gasteiger partial charge on any atom is 0.225 e. The Morgan fingerprint density at radius 1 is 0.946 bits per heavy atom. The SMILES string of the molecule is O=C(C1CC1)N1CCN(Cc2ccnc(Nc3nc4ccc(-c5cnc(C6CC6)nc5)cc4[nH]3)c2)CC1. The average molecular weight is 495 g/mol. The quantitative estimate of drug-likeness (QED) is 0.399. The Labute approximate surface area is 215 Å². The molecule has 1 amide bonds. The van der Waals surface area contributed by atoms with Gasteiger partial charge in [-0.05, 0) is 61.1 Å². The van der Waals surface area contributed by atoms with Gasteiger partial charge in [0.25, 0.3) is 0 Å². The normalized spacial score (nSPS) is 18.3. The van der Waals surface area contributed by atoms with Crippen molar-refractivity contribution in [3.8, 4) is 11.1 Å². The van der Waals surface area contributed by atoms with Crippen molar-refractivity contribution in [3.05, 3.63) is 60.3 Å². The molecule has 4 heterocycles. The van der Waals surface area contributed by atoms with Crippen molar-refractivity contribution < 1.29 is 4.79 Å². The smallest absolute Gasteiger partial charge is 0.225 e. The van der Waals surface area contributed by atoms with Crippen LogP contribution in [0.4, 0.5) is 11.8 Å². The van der Waals surface area contributed by atoms with Crippen LogP contribution in [-0.4, -0.2) is 66.8 Å². The van der Waals surface area contributed by atoms with Gasteiger partial charge in [-0.15, -0.1) is 0 Å². The molecule has 3 aromatic heterocycles. The number of hydrogen-bond donors (Lipinski definition) is 2. The lowest BCUT2D eigenvalue weighted by Crippen LogP contribution is -2.48. The van der Waals surface area contributed by atoms with Gasteiger partial charge in [-0.2, -0.15) is 0 Å². The summed E-state index contributed by atoms with van der Waals surface area (Å²) in [7, 11) is 0. The summed E-state index contributed by atoms with van der Waals surface area (Å²) in [5.74, 6) is 3.58. The van der Waals surface area contributed by atoms with E-state index in [1.165, 1.54) is 18.4 Å². The number of hydrogen-bond acceptors (Lipinski definition) is 7. The molecule has 0 unspecified atom stereocenters. The monoisotopic (exact) mass is 494 g/mol. The second-order valence-corrected chi connectivity index (χ2v) is 10.5. The number of piperazine rings is 1. The Kier molecular flexibility index (Phi) is 5.57. The Balaban J connectivity index is 1.00. The minimum Gasteiger partial charge on any atom is -0.340 e. The fourth-order valence-electron chi connectivity index (χ4n) is 5.02. The van der Waals surface area contributed by atoms with Crippen molar-refractivity contribution in [2.24, 2.45) is 5.92 Å². The van der Waals surface area contributed by atoms with E-state index < -0.39 is 0 Å². The molecule has 0 bridgehead atoms. The van der Waals surface area contributed by atoms with Gasteiger partial charge in [-0.1, -0.05) is 6.07 Å². The van der Waals surface area contributed by atoms with E-state index >= 15 is 0 Å². The molecule has 37 heavy (non-hydrogen) atoms. The number of rotatable bonds is 7. The lowest BCUT2D eigenvalue weighted by Gasteiger charge is -2.34. The number of benzene rings is 1. The first-order chi connectivity index (χ1) is 18.2. The van der Waals surface area contributed by atoms with Crippen LogP contribution in [0, 0.1) is 5.92 Å². The third-order valence-corrected chi connectivity index (χ3v) is 7.52. The van der Waals surface area contributed by atoms with Crippen LogP contribution in [0.1, 0.15) is 43.0 Å². The molecular formula is C28H30N8O. The summed E-state index contributed by atoms with van der Waals surface area (Å²) in [6, 6.07) is 10.3. The van der Waals surface area contributed by atoms with Crippen molar-refractivity contribution in [3.63, 3.8) is 0 Å². The highest BCUT2D eigenvalue weighted by Crippen LogP contribution is 2.38. The van der Waals surface area contributed by atoms with Gasteiger partial charge in [0.1, 0.15) is 11.6 Å². The van der Waals surface area contributed by atoms with E-state index in [0.717, 1.165) is 79.4 Å². The maximum absolute atomic E-state index is 12.3. The highest BCUT2D eigenvalue weighted by atomic mass is 16.2. The molecule has 2 N–H and O–H groups in total. The van der Waals surface area contributed by atoms with Crippen LogP contribution in [0.2, 0.25) is 0 Å². The van der Waals surface area contributed by atoms with Crippen LogP contribution in [-0.2, 0) is 11.3 Å². The first-order valence-corrected chi connectivity index (χ1v) is 13.2. The first kappa shape index (κ1) is 22.4. The predicted molar refractivity (Wildman–Crippen MR) is 141 cm³/mol. The third kappa shape index (κ3) is 4.91. The van der Waals surface area contributed by atoms with E-state index in [0.29, 0.717) is 23.7 Å². The number of carbonyl (C=O) groups excluding carboxylic acids is 1. The lowest BCUT2D eigenvalue weighted by molar-refractivity contribution is -0.134. The molecule has 3 fully saturated rings. The number of aromatic nitrogens is 5. The number of carbonyl (C=O) groups is 1. The van der Waals surface area contributed by atoms with Gasteiger partial charge in [0.15, 0.2) is 0 Å². The minimum atomic E-state index is 0.303. The molecule has 3 aliphatic rings. The second-order valence-electron chi connectivity index (χ2n) is 10.5. The zero-order chi connectivity index (χ0) is 24.8. The number of pyridine rings is 1. The van der Waals surface area contributed by atoms with Gasteiger partial charge in [0.05, 0.1) is 11.0 Å². The van der Waals surface area contributed by atoms with E-state index in [4.69, 9.17) is 4.98 Å². The standard InChI is InChI=1S/C28H30N8O/c37-27(20-3-4-20)36-11-9-35(10-12-36)17-18-7-8-29-25(13-18)34-28-32-23-6-5-21(14-24(23)33-28)22-15-30-26(31-16-22)19-1-2-19/h5-8,13-16,19-20H,1-4,9-12,17H2,(H2,29,32,33,34). The van der Waals surface area contributed by atoms with Gasteiger partial charge in [0.2, 0.25) is 11.9 Å². The zero-order valence-corrected chi connectivity index (χ0v) is 20.7. The first-order valence-electron chi connectivity index (χ1n) is 13.2. The molecule has 7 rings (SSSR count). The number of fused-ring (bicyclic) bond motifs is 1. The summed E-state index contributed by atoms with van der Waals surface area (Å²) < 4.78 is 0. The van der Waals surface area contributed by atoms with Crippen LogP contribution in [0.5, 0.6) is 0 Å². The molecule has 0 spiro atoms. The Morgan fingerprint density at radius 3 is 2.51 bits per heavy atom. The summed E-state index contributed by atoms with van der Waals surface area (Å²) in [4.78, 5) is 38.4. The summed E-state index contributed by atoms with van der Waals surface area (Å²) >= 11 is 0. The van der Waals surface area contributed by atoms with Gasteiger partial charge in [-0.25, -0.2) is 19.9 Å². The highest BCUT2D eigenvalue weighted by molar-refractivity contribution is 5.83. The molecule has 1 saturated heterocycles. The molecule has 4 aromatic rings. The fraction of sp³-hybridized carbons (Fsp3) is 0.393. The number of anilines is 2. The summed E-state index contributed by atoms with van der Waals surface area (Å²) in [5.41, 5.74) is 5.08. The summed E-state index contributed by atoms with van der Waals surface area (Å²) in [6.45, 7) is 4.30. The Hall–Kier alpha value is -3.85. The predicted octanol–water partition coefficient (Wildman–Crippen LogP) is 4.09. The lowest BCUT2D eigenvalue weighted by atomic mass is 10.1. The van der Waals surface area contributed by atoms with Crippen molar-refractivity contribution in [2.75, 3.05) is 31.5 Å². The Morgan fingerprint density at radius 2 is 1.76 bits per heavy atom. The molecule has 2 aliphatic carbocycles. The van der Waals surface area contributed by atoms with Crippen LogP contribution >= 0.6 is 0 Å². The average Bonchev–Trinajstić information content (AvgIpc) is 3.85. The zero-order valence-electron chi connectivity index (χ0n) is 20.7. The summed E-state index contributed by atoms with van der Waals surface area (Å²) in [5, 5.41) is 3.32. The largest absolute Gasteiger partial charge is 0.340 e. The van der Waals surface area contributed by atoms with Crippen molar-refractivity contribution >= 4 is 28.7 Å². The van der Waals surface area contributed by atoms with Crippen LogP contribution in [0.15, 0.2) is 48.9 Å². The van der Waals surface area contributed by atoms with Crippen LogP contribution in [0.3, 0.4) is 0 Å². The molecule has 9 nitrogen and oxygen atoms in total. The van der Waals surface area contributed by atoms with Crippen molar-refractivity contribution in [1.29, 1.82) is 0 Å². The highest BCUT2D eigenvalue weighted by Gasteiger charge is 2.34. The van der Waals surface area contributed by atoms with Gasteiger partial charge in [0, 0.05) is 68.7 Å². The topological polar surface area (TPSA) is 103 Å². The molecule has 1 aliphatic heterocycles. The molecule has 9 heteroatoms. The molecule has 2 saturated carbocycles. The number of amides is 1. The van der Waals surface area contributed by atoms with E-state index in [2.05, 4.69) is 48.4 Å². The van der Waals surface area contributed by atoms with E-state index in [-0.39, 0.29) is 0 Å². The van der Waals surface area contributed by atoms with Crippen molar-refractivity contribution in [1.82, 2.24) is 34.7 Å². The Bertz CT molecular complexity index is 1430. The minimum absolute atomic E-state index is 0.303. The van der Waals surface area contributed by atoms with Gasteiger partial charge in [-0.3, -0.25) is 9.69 Å². The van der Waals surface area contributed by atoms with E-state index in [9.17, 15) is 4.79 Å². The molecule has 188 valence electrons. The number of nitrogens with zero attached hydrogens (tertiary/aromatic N) is 6. The molecule has 0 atom stereocenters. The number of H-pyrrole nitrogens is 1. The summed E-state index contributed by atoms with van der Waals surface area (Å²) in [6.07, 6.45) is 10.2. The van der Waals surface area contributed by atoms with Crippen molar-refractivity contribution in [2.45, 2.75) is 38.1 Å². The van der Waals surface area contributed by atoms with Crippen LogP contribution in [0.25, 0.3) is 22.2 Å². The second kappa shape index (κ2) is 9.23. The molecule has 1 aromatic carbocycles. The number of imidazole rings is 1. The van der Waals surface area contributed by atoms with Gasteiger partial charge >= 0.3 is 0 Å².